The largest absolute Gasteiger partial charge is 0.383 e. The molecule has 1 aliphatic rings. The van der Waals surface area contributed by atoms with E-state index in [1.54, 1.807) is 6.20 Å². The van der Waals surface area contributed by atoms with Gasteiger partial charge in [-0.1, -0.05) is 0 Å². The van der Waals surface area contributed by atoms with Crippen molar-refractivity contribution in [2.75, 3.05) is 24.3 Å². The van der Waals surface area contributed by atoms with Crippen LogP contribution in [0.25, 0.3) is 0 Å². The zero-order valence-electron chi connectivity index (χ0n) is 10.7. The van der Waals surface area contributed by atoms with E-state index in [9.17, 15) is 8.42 Å². The molecule has 0 spiro atoms. The van der Waals surface area contributed by atoms with Gasteiger partial charge in [0.25, 0.3) is 0 Å². The van der Waals surface area contributed by atoms with Crippen molar-refractivity contribution < 1.29 is 8.42 Å². The number of hydrogen-bond acceptors (Lipinski definition) is 5. The Hall–Kier alpha value is -1.14. The smallest absolute Gasteiger partial charge is 0.150 e. The van der Waals surface area contributed by atoms with E-state index in [0.717, 1.165) is 11.1 Å². The second-order valence-corrected chi connectivity index (χ2v) is 7.08. The average molecular weight is 269 g/mol. The third kappa shape index (κ3) is 2.49. The van der Waals surface area contributed by atoms with Crippen molar-refractivity contribution in [3.63, 3.8) is 0 Å². The summed E-state index contributed by atoms with van der Waals surface area (Å²) >= 11 is 0. The molecule has 100 valence electrons. The molecule has 0 bridgehead atoms. The molecule has 18 heavy (non-hydrogen) atoms. The number of aryl methyl sites for hydroxylation is 1. The molecule has 1 saturated heterocycles. The van der Waals surface area contributed by atoms with Crippen LogP contribution in [0.2, 0.25) is 0 Å². The summed E-state index contributed by atoms with van der Waals surface area (Å²) in [7, 11) is -1.05. The molecule has 1 aliphatic heterocycles. The van der Waals surface area contributed by atoms with Crippen LogP contribution < -0.4 is 11.1 Å². The van der Waals surface area contributed by atoms with Crippen molar-refractivity contribution in [3.8, 4) is 0 Å². The zero-order chi connectivity index (χ0) is 13.3. The second-order valence-electron chi connectivity index (χ2n) is 4.86. The fraction of sp³-hybridized carbons (Fsp3) is 0.583. The van der Waals surface area contributed by atoms with Crippen LogP contribution in [0.15, 0.2) is 12.3 Å². The van der Waals surface area contributed by atoms with Crippen LogP contribution in [0.5, 0.6) is 0 Å². The summed E-state index contributed by atoms with van der Waals surface area (Å²) in [5.41, 5.74) is 7.91. The van der Waals surface area contributed by atoms with Crippen LogP contribution >= 0.6 is 0 Å². The number of nitrogens with two attached hydrogens (primary N) is 1. The minimum absolute atomic E-state index is 0.0454. The molecule has 3 N–H and O–H groups in total. The lowest BCUT2D eigenvalue weighted by Crippen LogP contribution is -2.28. The normalized spacial score (nSPS) is 24.0. The number of aromatic nitrogens is 1. The van der Waals surface area contributed by atoms with Crippen molar-refractivity contribution >= 4 is 15.7 Å². The van der Waals surface area contributed by atoms with E-state index in [2.05, 4.69) is 10.3 Å². The summed E-state index contributed by atoms with van der Waals surface area (Å²) in [4.78, 5) is 4.10. The minimum atomic E-state index is -2.89. The van der Waals surface area contributed by atoms with Gasteiger partial charge in [0.15, 0.2) is 9.84 Å². The fourth-order valence-corrected chi connectivity index (χ4v) is 4.54. The summed E-state index contributed by atoms with van der Waals surface area (Å²) < 4.78 is 23.2. The van der Waals surface area contributed by atoms with E-state index in [1.807, 2.05) is 20.0 Å². The monoisotopic (exact) mass is 269 g/mol. The van der Waals surface area contributed by atoms with Gasteiger partial charge in [-0.05, 0) is 37.9 Å². The van der Waals surface area contributed by atoms with Gasteiger partial charge in [0.2, 0.25) is 0 Å². The third-order valence-corrected chi connectivity index (χ3v) is 5.39. The molecule has 5 nitrogen and oxygen atoms in total. The topological polar surface area (TPSA) is 85.1 Å². The van der Waals surface area contributed by atoms with E-state index < -0.39 is 9.84 Å². The molecule has 0 amide bonds. The third-order valence-electron chi connectivity index (χ3n) is 3.60. The first kappa shape index (κ1) is 13.3. The lowest BCUT2D eigenvalue weighted by atomic mass is 9.90. The van der Waals surface area contributed by atoms with Gasteiger partial charge in [-0.15, -0.1) is 0 Å². The van der Waals surface area contributed by atoms with Crippen molar-refractivity contribution in [2.24, 2.45) is 5.92 Å². The highest BCUT2D eigenvalue weighted by Gasteiger charge is 2.35. The number of sulfone groups is 1. The van der Waals surface area contributed by atoms with Crippen LogP contribution in [0.1, 0.15) is 23.6 Å². The molecular weight excluding hydrogens is 250 g/mol. The van der Waals surface area contributed by atoms with Gasteiger partial charge in [0.1, 0.15) is 5.82 Å². The average Bonchev–Trinajstić information content (AvgIpc) is 2.64. The maximum Gasteiger partial charge on any atom is 0.150 e. The highest BCUT2D eigenvalue weighted by Crippen LogP contribution is 2.34. The Labute approximate surface area is 108 Å². The van der Waals surface area contributed by atoms with Gasteiger partial charge in [-0.2, -0.15) is 0 Å². The molecule has 0 radical (unpaired) electrons. The maximum absolute atomic E-state index is 11.6. The number of nitrogen functional groups attached to an aromatic ring is 1. The number of rotatable bonds is 3. The van der Waals surface area contributed by atoms with Crippen LogP contribution in [-0.4, -0.2) is 32.0 Å². The van der Waals surface area contributed by atoms with Crippen LogP contribution in [0.3, 0.4) is 0 Å². The number of hydrogen-bond donors (Lipinski definition) is 2. The molecule has 2 heterocycles. The molecule has 1 aromatic heterocycles. The summed E-state index contributed by atoms with van der Waals surface area (Å²) in [6.07, 6.45) is 2.36. The van der Waals surface area contributed by atoms with E-state index in [0.29, 0.717) is 12.2 Å². The standard InChI is InChI=1S/C12H19N3O2S/c1-8-3-5-15-12(13)10(8)11(14-2)9-4-6-18(16,17)7-9/h3,5,9,11,14H,4,6-7H2,1-2H3,(H2,13,15). The Bertz CT molecular complexity index is 522. The molecule has 2 rings (SSSR count). The first-order valence-corrected chi connectivity index (χ1v) is 7.85. The SMILES string of the molecule is CNC(c1c(C)ccnc1N)C1CCS(=O)(=O)C1. The van der Waals surface area contributed by atoms with Crippen molar-refractivity contribution in [3.05, 3.63) is 23.4 Å². The molecule has 0 aromatic carbocycles. The lowest BCUT2D eigenvalue weighted by molar-refractivity contribution is 0.417. The maximum atomic E-state index is 11.6. The Balaban J connectivity index is 2.35. The zero-order valence-corrected chi connectivity index (χ0v) is 11.5. The van der Waals surface area contributed by atoms with E-state index >= 15 is 0 Å². The van der Waals surface area contributed by atoms with Crippen molar-refractivity contribution in [2.45, 2.75) is 19.4 Å². The molecule has 0 saturated carbocycles. The predicted octanol–water partition coefficient (Wildman–Crippen LogP) is 0.667. The molecular formula is C12H19N3O2S. The first-order valence-electron chi connectivity index (χ1n) is 6.03. The minimum Gasteiger partial charge on any atom is -0.383 e. The molecule has 6 heteroatoms. The molecule has 2 unspecified atom stereocenters. The second kappa shape index (κ2) is 4.85. The Morgan fingerprint density at radius 1 is 1.56 bits per heavy atom. The lowest BCUT2D eigenvalue weighted by Gasteiger charge is -2.25. The highest BCUT2D eigenvalue weighted by atomic mass is 32.2. The number of nitrogens with zero attached hydrogens (tertiary/aromatic N) is 1. The van der Waals surface area contributed by atoms with Crippen molar-refractivity contribution in [1.29, 1.82) is 0 Å². The van der Waals surface area contributed by atoms with Crippen LogP contribution in [0, 0.1) is 12.8 Å². The number of pyridine rings is 1. The quantitative estimate of drug-likeness (QED) is 0.842. The molecule has 1 aromatic rings. The van der Waals surface area contributed by atoms with E-state index in [-0.39, 0.29) is 23.5 Å². The number of anilines is 1. The predicted molar refractivity (Wildman–Crippen MR) is 71.9 cm³/mol. The van der Waals surface area contributed by atoms with E-state index in [4.69, 9.17) is 5.73 Å². The molecule has 0 aliphatic carbocycles. The fourth-order valence-electron chi connectivity index (χ4n) is 2.70. The van der Waals surface area contributed by atoms with Gasteiger partial charge in [0.05, 0.1) is 11.5 Å². The van der Waals surface area contributed by atoms with Gasteiger partial charge in [-0.3, -0.25) is 0 Å². The summed E-state index contributed by atoms with van der Waals surface area (Å²) in [5.74, 6) is 1.06. The Morgan fingerprint density at radius 3 is 2.78 bits per heavy atom. The molecule has 2 atom stereocenters. The summed E-state index contributed by atoms with van der Waals surface area (Å²) in [6, 6.07) is 1.86. The van der Waals surface area contributed by atoms with Gasteiger partial charge >= 0.3 is 0 Å². The molecule has 1 fully saturated rings. The Morgan fingerprint density at radius 2 is 2.28 bits per heavy atom. The highest BCUT2D eigenvalue weighted by molar-refractivity contribution is 7.91. The summed E-state index contributed by atoms with van der Waals surface area (Å²) in [5, 5.41) is 3.20. The van der Waals surface area contributed by atoms with Crippen molar-refractivity contribution in [1.82, 2.24) is 10.3 Å². The van der Waals surface area contributed by atoms with Crippen LogP contribution in [0.4, 0.5) is 5.82 Å². The summed E-state index contributed by atoms with van der Waals surface area (Å²) in [6.45, 7) is 1.97. The van der Waals surface area contributed by atoms with Crippen LogP contribution in [-0.2, 0) is 9.84 Å². The van der Waals surface area contributed by atoms with Gasteiger partial charge in [0, 0.05) is 17.8 Å². The van der Waals surface area contributed by atoms with E-state index in [1.165, 1.54) is 0 Å². The van der Waals surface area contributed by atoms with Gasteiger partial charge in [-0.25, -0.2) is 13.4 Å². The number of nitrogens with one attached hydrogen (secondary N) is 1. The Kier molecular flexibility index (Phi) is 3.59. The van der Waals surface area contributed by atoms with Gasteiger partial charge < -0.3 is 11.1 Å². The first-order chi connectivity index (χ1) is 8.44.